The van der Waals surface area contributed by atoms with Gasteiger partial charge in [0.2, 0.25) is 5.95 Å². The maximum atomic E-state index is 13.9. The van der Waals surface area contributed by atoms with Crippen LogP contribution in [-0.4, -0.2) is 40.0 Å². The molecule has 2 aromatic heterocycles. The minimum Gasteiger partial charge on any atom is -0.441 e. The third-order valence-corrected chi connectivity index (χ3v) is 6.39. The molecule has 1 spiro atoms. The van der Waals surface area contributed by atoms with Crippen LogP contribution >= 0.6 is 0 Å². The molecule has 1 aliphatic carbocycles. The molecule has 1 N–H and O–H groups in total. The van der Waals surface area contributed by atoms with Gasteiger partial charge >= 0.3 is 6.09 Å². The lowest BCUT2D eigenvalue weighted by Crippen LogP contribution is -2.39. The normalized spacial score (nSPS) is 22.4. The third kappa shape index (κ3) is 4.48. The van der Waals surface area contributed by atoms with Gasteiger partial charge in [-0.25, -0.2) is 14.2 Å². The van der Waals surface area contributed by atoms with Crippen molar-refractivity contribution < 1.29 is 18.3 Å². The number of benzene rings is 1. The predicted octanol–water partition coefficient (Wildman–Crippen LogP) is 4.81. The number of aromatic nitrogens is 3. The topological polar surface area (TPSA) is 80.2 Å². The first-order chi connectivity index (χ1) is 16.0. The number of nitrogens with one attached hydrogen (secondary N) is 1. The lowest BCUT2D eigenvalue weighted by atomic mass is 9.78. The molecule has 1 amide bonds. The molecule has 0 unspecified atom stereocenters. The summed E-state index contributed by atoms with van der Waals surface area (Å²) < 4.78 is 33.1. The fourth-order valence-electron chi connectivity index (χ4n) is 4.54. The van der Waals surface area contributed by atoms with Crippen LogP contribution < -0.4 is 10.2 Å². The first-order valence-electron chi connectivity index (χ1n) is 11.0. The smallest absolute Gasteiger partial charge is 0.415 e. The van der Waals surface area contributed by atoms with Crippen molar-refractivity contribution in [2.24, 2.45) is 5.92 Å². The van der Waals surface area contributed by atoms with Gasteiger partial charge in [0.25, 0.3) is 0 Å². The van der Waals surface area contributed by atoms with E-state index in [-0.39, 0.29) is 5.82 Å². The zero-order chi connectivity index (χ0) is 22.8. The van der Waals surface area contributed by atoms with Crippen molar-refractivity contribution in [3.05, 3.63) is 66.5 Å². The third-order valence-electron chi connectivity index (χ3n) is 6.39. The van der Waals surface area contributed by atoms with Crippen molar-refractivity contribution in [2.45, 2.75) is 31.3 Å². The summed E-state index contributed by atoms with van der Waals surface area (Å²) in [5, 5.41) is 11.6. The highest BCUT2D eigenvalue weighted by atomic mass is 19.1. The number of hydrogen-bond acceptors (Lipinski definition) is 6. The van der Waals surface area contributed by atoms with E-state index in [0.717, 1.165) is 32.2 Å². The van der Waals surface area contributed by atoms with Gasteiger partial charge < -0.3 is 10.1 Å². The average molecular weight is 451 g/mol. The summed E-state index contributed by atoms with van der Waals surface area (Å²) in [7, 11) is 0. The van der Waals surface area contributed by atoms with E-state index in [9.17, 15) is 13.6 Å². The molecule has 170 valence electrons. The molecular formula is C24H23F2N5O2. The van der Waals surface area contributed by atoms with Crippen LogP contribution in [0.3, 0.4) is 0 Å². The molecule has 1 saturated heterocycles. The van der Waals surface area contributed by atoms with Crippen molar-refractivity contribution in [2.75, 3.05) is 23.3 Å². The first kappa shape index (κ1) is 21.2. The number of pyridine rings is 1. The molecule has 33 heavy (non-hydrogen) atoms. The number of rotatable bonds is 5. The molecule has 1 aromatic carbocycles. The number of anilines is 2. The zero-order valence-corrected chi connectivity index (χ0v) is 17.9. The number of hydrogen-bond donors (Lipinski definition) is 1. The Morgan fingerprint density at radius 1 is 1.09 bits per heavy atom. The largest absolute Gasteiger partial charge is 0.441 e. The van der Waals surface area contributed by atoms with Crippen LogP contribution in [-0.2, 0) is 4.74 Å². The highest BCUT2D eigenvalue weighted by Crippen LogP contribution is 2.40. The Balaban J connectivity index is 1.15. The van der Waals surface area contributed by atoms with Crippen molar-refractivity contribution in [1.29, 1.82) is 0 Å². The summed E-state index contributed by atoms with van der Waals surface area (Å²) in [6.07, 6.45) is 4.17. The lowest BCUT2D eigenvalue weighted by molar-refractivity contribution is 0.0148. The van der Waals surface area contributed by atoms with Crippen molar-refractivity contribution in [3.63, 3.8) is 0 Å². The van der Waals surface area contributed by atoms with Crippen molar-refractivity contribution in [1.82, 2.24) is 15.2 Å². The van der Waals surface area contributed by atoms with Gasteiger partial charge in [0.15, 0.2) is 0 Å². The van der Waals surface area contributed by atoms with E-state index >= 15 is 0 Å². The Kier molecular flexibility index (Phi) is 5.62. The molecule has 3 aromatic rings. The maximum absolute atomic E-state index is 13.9. The standard InChI is InChI=1S/C24H23F2N5O2/c25-19-4-2-1-3-18(19)20-5-6-22(30-29-20)28-14-16-7-10-24(11-8-16)15-31(23(32)33-24)17-9-12-27-21(26)13-17/h1-6,9,12-13,16H,7-8,10-11,14-15H2,(H,28,30). The van der Waals surface area contributed by atoms with Gasteiger partial charge in [-0.1, -0.05) is 12.1 Å². The van der Waals surface area contributed by atoms with Crippen LogP contribution in [0.2, 0.25) is 0 Å². The number of ether oxygens (including phenoxy) is 1. The molecule has 0 atom stereocenters. The van der Waals surface area contributed by atoms with Crippen LogP contribution in [0.25, 0.3) is 11.3 Å². The Morgan fingerprint density at radius 2 is 1.91 bits per heavy atom. The summed E-state index contributed by atoms with van der Waals surface area (Å²) in [4.78, 5) is 17.4. The Morgan fingerprint density at radius 3 is 2.64 bits per heavy atom. The second-order valence-corrected chi connectivity index (χ2v) is 8.58. The first-order valence-corrected chi connectivity index (χ1v) is 11.0. The van der Waals surface area contributed by atoms with Crippen molar-refractivity contribution >= 4 is 17.6 Å². The Hall–Kier alpha value is -3.62. The predicted molar refractivity (Wildman–Crippen MR) is 119 cm³/mol. The van der Waals surface area contributed by atoms with E-state index in [1.807, 2.05) is 0 Å². The molecule has 0 radical (unpaired) electrons. The number of amides is 1. The molecule has 0 bridgehead atoms. The number of carbonyl (C=O) groups excluding carboxylic acids is 1. The molecule has 5 rings (SSSR count). The molecule has 1 saturated carbocycles. The highest BCUT2D eigenvalue weighted by molar-refractivity contribution is 5.90. The lowest BCUT2D eigenvalue weighted by Gasteiger charge is -2.35. The summed E-state index contributed by atoms with van der Waals surface area (Å²) in [5.74, 6) is 0.0771. The second-order valence-electron chi connectivity index (χ2n) is 8.58. The van der Waals surface area contributed by atoms with Crippen molar-refractivity contribution in [3.8, 4) is 11.3 Å². The molecule has 7 nitrogen and oxygen atoms in total. The molecular weight excluding hydrogens is 428 g/mol. The molecule has 9 heteroatoms. The van der Waals surface area contributed by atoms with E-state index in [2.05, 4.69) is 20.5 Å². The summed E-state index contributed by atoms with van der Waals surface area (Å²) >= 11 is 0. The Bertz CT molecular complexity index is 1150. The maximum Gasteiger partial charge on any atom is 0.415 e. The molecule has 2 aliphatic rings. The van der Waals surface area contributed by atoms with E-state index in [0.29, 0.717) is 35.2 Å². The van der Waals surface area contributed by atoms with Crippen LogP contribution in [0.5, 0.6) is 0 Å². The van der Waals surface area contributed by atoms with Gasteiger partial charge in [-0.05, 0) is 61.9 Å². The number of carbonyl (C=O) groups is 1. The quantitative estimate of drug-likeness (QED) is 0.561. The monoisotopic (exact) mass is 451 g/mol. The fourth-order valence-corrected chi connectivity index (χ4v) is 4.54. The van der Waals surface area contributed by atoms with E-state index in [1.165, 1.54) is 23.2 Å². The van der Waals surface area contributed by atoms with Gasteiger partial charge in [0, 0.05) is 24.4 Å². The second kappa shape index (κ2) is 8.73. The fraction of sp³-hybridized carbons (Fsp3) is 0.333. The molecule has 3 heterocycles. The van der Waals surface area contributed by atoms with Crippen LogP contribution in [0.15, 0.2) is 54.7 Å². The summed E-state index contributed by atoms with van der Waals surface area (Å²) in [6.45, 7) is 1.13. The van der Waals surface area contributed by atoms with Gasteiger partial charge in [0.05, 0.1) is 17.9 Å². The molecule has 2 fully saturated rings. The minimum atomic E-state index is -0.624. The van der Waals surface area contributed by atoms with Gasteiger partial charge in [-0.3, -0.25) is 4.90 Å². The molecule has 1 aliphatic heterocycles. The average Bonchev–Trinajstić information content (AvgIpc) is 3.15. The van der Waals surface area contributed by atoms with Gasteiger partial charge in [-0.15, -0.1) is 10.2 Å². The summed E-state index contributed by atoms with van der Waals surface area (Å²) in [5.41, 5.74) is 0.837. The van der Waals surface area contributed by atoms with Crippen LogP contribution in [0, 0.1) is 17.7 Å². The van der Waals surface area contributed by atoms with Gasteiger partial charge in [-0.2, -0.15) is 4.39 Å². The number of nitrogens with zero attached hydrogens (tertiary/aromatic N) is 4. The van der Waals surface area contributed by atoms with Crippen LogP contribution in [0.1, 0.15) is 25.7 Å². The minimum absolute atomic E-state index is 0.330. The highest BCUT2D eigenvalue weighted by Gasteiger charge is 2.47. The van der Waals surface area contributed by atoms with E-state index in [1.54, 1.807) is 36.4 Å². The van der Waals surface area contributed by atoms with Gasteiger partial charge in [0.1, 0.15) is 17.2 Å². The SMILES string of the molecule is O=C1OC2(CCC(CNc3ccc(-c4ccccc4F)nn3)CC2)CN1c1ccnc(F)c1. The van der Waals surface area contributed by atoms with E-state index < -0.39 is 17.6 Å². The number of halogens is 2. The summed E-state index contributed by atoms with van der Waals surface area (Å²) in [6, 6.07) is 12.9. The Labute approximate surface area is 189 Å². The zero-order valence-electron chi connectivity index (χ0n) is 17.9. The van der Waals surface area contributed by atoms with Crippen LogP contribution in [0.4, 0.5) is 25.1 Å². The van der Waals surface area contributed by atoms with E-state index in [4.69, 9.17) is 4.74 Å².